The summed E-state index contributed by atoms with van der Waals surface area (Å²) in [6.45, 7) is 0. The van der Waals surface area contributed by atoms with Gasteiger partial charge in [-0.1, -0.05) is 0 Å². The second kappa shape index (κ2) is 5.15. The van der Waals surface area contributed by atoms with Crippen molar-refractivity contribution < 1.29 is 9.47 Å². The summed E-state index contributed by atoms with van der Waals surface area (Å²) in [7, 11) is 3.15. The maximum atomic E-state index is 8.77. The molecular formula is C13H11N3O2. The van der Waals surface area contributed by atoms with Gasteiger partial charge in [0.25, 0.3) is 0 Å². The lowest BCUT2D eigenvalue weighted by Gasteiger charge is -2.09. The van der Waals surface area contributed by atoms with Gasteiger partial charge in [0.15, 0.2) is 11.5 Å². The zero-order valence-corrected chi connectivity index (χ0v) is 10.0. The highest BCUT2D eigenvalue weighted by molar-refractivity contribution is 5.63. The minimum atomic E-state index is 0.141. The normalized spacial score (nSPS) is 9.61. The number of rotatable bonds is 3. The van der Waals surface area contributed by atoms with E-state index < -0.39 is 0 Å². The van der Waals surface area contributed by atoms with Gasteiger partial charge in [-0.05, 0) is 24.3 Å². The Morgan fingerprint density at radius 2 is 1.89 bits per heavy atom. The Labute approximate surface area is 105 Å². The van der Waals surface area contributed by atoms with Crippen LogP contribution in [0.15, 0.2) is 30.5 Å². The van der Waals surface area contributed by atoms with Crippen LogP contribution in [0, 0.1) is 11.3 Å². The van der Waals surface area contributed by atoms with Gasteiger partial charge in [0, 0.05) is 11.8 Å². The number of benzene rings is 1. The summed E-state index contributed by atoms with van der Waals surface area (Å²) >= 11 is 0. The Kier molecular flexibility index (Phi) is 3.39. The minimum Gasteiger partial charge on any atom is -0.493 e. The highest BCUT2D eigenvalue weighted by Gasteiger charge is 2.07. The largest absolute Gasteiger partial charge is 0.493 e. The number of hydrogen-bond acceptors (Lipinski definition) is 5. The third-order valence-corrected chi connectivity index (χ3v) is 2.43. The van der Waals surface area contributed by atoms with E-state index in [4.69, 9.17) is 14.7 Å². The lowest BCUT2D eigenvalue weighted by molar-refractivity contribution is 0.355. The third-order valence-electron chi connectivity index (χ3n) is 2.43. The fourth-order valence-electron chi connectivity index (χ4n) is 1.57. The van der Waals surface area contributed by atoms with E-state index in [2.05, 4.69) is 9.97 Å². The molecule has 0 unspecified atom stereocenters. The first-order chi connectivity index (χ1) is 8.78. The van der Waals surface area contributed by atoms with E-state index in [1.165, 1.54) is 0 Å². The fourth-order valence-corrected chi connectivity index (χ4v) is 1.57. The molecule has 1 heterocycles. The summed E-state index contributed by atoms with van der Waals surface area (Å²) in [6.07, 6.45) is 1.55. The van der Waals surface area contributed by atoms with Crippen molar-refractivity contribution in [3.63, 3.8) is 0 Å². The van der Waals surface area contributed by atoms with Crippen molar-refractivity contribution in [2.75, 3.05) is 14.2 Å². The average Bonchev–Trinajstić information content (AvgIpc) is 2.46. The van der Waals surface area contributed by atoms with Gasteiger partial charge in [-0.15, -0.1) is 0 Å². The lowest BCUT2D eigenvalue weighted by atomic mass is 10.1. The van der Waals surface area contributed by atoms with E-state index in [1.807, 2.05) is 18.2 Å². The second-order valence-corrected chi connectivity index (χ2v) is 3.45. The molecular weight excluding hydrogens is 230 g/mol. The van der Waals surface area contributed by atoms with Crippen LogP contribution in [0.25, 0.3) is 11.3 Å². The average molecular weight is 241 g/mol. The summed E-state index contributed by atoms with van der Waals surface area (Å²) < 4.78 is 10.4. The maximum absolute atomic E-state index is 8.77. The number of nitrogens with zero attached hydrogens (tertiary/aromatic N) is 3. The van der Waals surface area contributed by atoms with Crippen molar-refractivity contribution >= 4 is 0 Å². The molecule has 1 aromatic heterocycles. The first kappa shape index (κ1) is 11.9. The molecule has 0 aliphatic heterocycles. The van der Waals surface area contributed by atoms with Crippen molar-refractivity contribution in [1.82, 2.24) is 9.97 Å². The smallest absolute Gasteiger partial charge is 0.232 e. The minimum absolute atomic E-state index is 0.141. The Morgan fingerprint density at radius 1 is 1.11 bits per heavy atom. The third kappa shape index (κ3) is 2.23. The topological polar surface area (TPSA) is 68.0 Å². The van der Waals surface area contributed by atoms with E-state index in [1.54, 1.807) is 32.5 Å². The van der Waals surface area contributed by atoms with Gasteiger partial charge < -0.3 is 9.47 Å². The first-order valence-electron chi connectivity index (χ1n) is 5.24. The zero-order chi connectivity index (χ0) is 13.0. The van der Waals surface area contributed by atoms with Gasteiger partial charge in [-0.2, -0.15) is 5.26 Å². The first-order valence-corrected chi connectivity index (χ1v) is 5.24. The molecule has 0 N–H and O–H groups in total. The molecule has 2 aromatic rings. The van der Waals surface area contributed by atoms with E-state index in [0.717, 1.165) is 5.56 Å². The Hall–Kier alpha value is -2.61. The molecule has 0 radical (unpaired) electrons. The van der Waals surface area contributed by atoms with Gasteiger partial charge in [0.1, 0.15) is 6.07 Å². The number of nitriles is 1. The van der Waals surface area contributed by atoms with E-state index in [0.29, 0.717) is 17.2 Å². The predicted molar refractivity (Wildman–Crippen MR) is 65.3 cm³/mol. The quantitative estimate of drug-likeness (QED) is 0.822. The summed E-state index contributed by atoms with van der Waals surface area (Å²) in [6, 6.07) is 9.10. The van der Waals surface area contributed by atoms with Crippen LogP contribution < -0.4 is 9.47 Å². The van der Waals surface area contributed by atoms with Crippen molar-refractivity contribution in [2.24, 2.45) is 0 Å². The summed E-state index contributed by atoms with van der Waals surface area (Å²) in [5, 5.41) is 8.77. The standard InChI is InChI=1S/C13H11N3O2/c1-17-11-4-3-9(7-12(11)18-2)10-5-6-15-13(8-14)16-10/h3-7H,1-2H3. The van der Waals surface area contributed by atoms with Crippen LogP contribution in [0.3, 0.4) is 0 Å². The van der Waals surface area contributed by atoms with Gasteiger partial charge in [-0.3, -0.25) is 0 Å². The van der Waals surface area contributed by atoms with Gasteiger partial charge in [0.2, 0.25) is 5.82 Å². The Balaban J connectivity index is 2.48. The second-order valence-electron chi connectivity index (χ2n) is 3.45. The molecule has 1 aromatic carbocycles. The molecule has 90 valence electrons. The SMILES string of the molecule is COc1ccc(-c2ccnc(C#N)n2)cc1OC. The summed E-state index contributed by atoms with van der Waals surface area (Å²) in [4.78, 5) is 7.96. The molecule has 18 heavy (non-hydrogen) atoms. The van der Waals surface area contributed by atoms with E-state index >= 15 is 0 Å². The monoisotopic (exact) mass is 241 g/mol. The van der Waals surface area contributed by atoms with Crippen LogP contribution in [0.4, 0.5) is 0 Å². The number of hydrogen-bond donors (Lipinski definition) is 0. The number of methoxy groups -OCH3 is 2. The highest BCUT2D eigenvalue weighted by Crippen LogP contribution is 2.31. The van der Waals surface area contributed by atoms with Crippen LogP contribution in [-0.2, 0) is 0 Å². The maximum Gasteiger partial charge on any atom is 0.232 e. The molecule has 0 bridgehead atoms. The fraction of sp³-hybridized carbons (Fsp3) is 0.154. The highest BCUT2D eigenvalue weighted by atomic mass is 16.5. The molecule has 2 rings (SSSR count). The van der Waals surface area contributed by atoms with Crippen LogP contribution in [-0.4, -0.2) is 24.2 Å². The van der Waals surface area contributed by atoms with Gasteiger partial charge in [0.05, 0.1) is 19.9 Å². The Morgan fingerprint density at radius 3 is 2.56 bits per heavy atom. The van der Waals surface area contributed by atoms with E-state index in [9.17, 15) is 0 Å². The molecule has 0 aliphatic carbocycles. The number of ether oxygens (including phenoxy) is 2. The van der Waals surface area contributed by atoms with Gasteiger partial charge in [-0.25, -0.2) is 9.97 Å². The van der Waals surface area contributed by atoms with Crippen LogP contribution >= 0.6 is 0 Å². The molecule has 0 fully saturated rings. The van der Waals surface area contributed by atoms with Crippen LogP contribution in [0.2, 0.25) is 0 Å². The predicted octanol–water partition coefficient (Wildman–Crippen LogP) is 2.03. The molecule has 0 spiro atoms. The van der Waals surface area contributed by atoms with E-state index in [-0.39, 0.29) is 5.82 Å². The zero-order valence-electron chi connectivity index (χ0n) is 10.0. The molecule has 0 atom stereocenters. The molecule has 0 amide bonds. The molecule has 5 nitrogen and oxygen atoms in total. The van der Waals surface area contributed by atoms with Crippen LogP contribution in [0.5, 0.6) is 11.5 Å². The van der Waals surface area contributed by atoms with Gasteiger partial charge >= 0.3 is 0 Å². The van der Waals surface area contributed by atoms with Crippen LogP contribution in [0.1, 0.15) is 5.82 Å². The number of aromatic nitrogens is 2. The lowest BCUT2D eigenvalue weighted by Crippen LogP contribution is -1.93. The molecule has 0 saturated heterocycles. The molecule has 5 heteroatoms. The summed E-state index contributed by atoms with van der Waals surface area (Å²) in [5.74, 6) is 1.41. The molecule has 0 saturated carbocycles. The summed E-state index contributed by atoms with van der Waals surface area (Å²) in [5.41, 5.74) is 1.51. The Bertz CT molecular complexity index is 605. The van der Waals surface area contributed by atoms with Crippen molar-refractivity contribution in [3.05, 3.63) is 36.3 Å². The molecule has 0 aliphatic rings. The van der Waals surface area contributed by atoms with Crippen molar-refractivity contribution in [2.45, 2.75) is 0 Å². The van der Waals surface area contributed by atoms with Crippen molar-refractivity contribution in [1.29, 1.82) is 5.26 Å². The van der Waals surface area contributed by atoms with Crippen molar-refractivity contribution in [3.8, 4) is 28.8 Å².